The van der Waals surface area contributed by atoms with E-state index in [2.05, 4.69) is 10.6 Å². The van der Waals surface area contributed by atoms with Gasteiger partial charge in [0.1, 0.15) is 17.9 Å². The average molecular weight is 348 g/mol. The van der Waals surface area contributed by atoms with Gasteiger partial charge < -0.3 is 15.5 Å². The van der Waals surface area contributed by atoms with Crippen molar-refractivity contribution in [3.05, 3.63) is 35.6 Å². The molecule has 25 heavy (non-hydrogen) atoms. The molecule has 7 nitrogen and oxygen atoms in total. The van der Waals surface area contributed by atoms with Gasteiger partial charge >= 0.3 is 6.03 Å². The summed E-state index contributed by atoms with van der Waals surface area (Å²) in [6, 6.07) is 4.81. The number of carbonyl (C=O) groups excluding carboxylic acids is 3. The smallest absolute Gasteiger partial charge is 0.325 e. The van der Waals surface area contributed by atoms with E-state index in [-0.39, 0.29) is 18.5 Å². The van der Waals surface area contributed by atoms with E-state index in [0.717, 1.165) is 17.9 Å². The van der Waals surface area contributed by atoms with Gasteiger partial charge in [-0.3, -0.25) is 14.5 Å². The number of carbonyl (C=O) groups is 3. The van der Waals surface area contributed by atoms with Crippen LogP contribution in [0.15, 0.2) is 24.3 Å². The second kappa shape index (κ2) is 6.44. The molecule has 8 heteroatoms. The topological polar surface area (TPSA) is 81.8 Å². The van der Waals surface area contributed by atoms with Crippen LogP contribution in [0.5, 0.6) is 0 Å². The van der Waals surface area contributed by atoms with Crippen molar-refractivity contribution in [1.29, 1.82) is 0 Å². The molecule has 134 valence electrons. The van der Waals surface area contributed by atoms with Crippen LogP contribution in [0.2, 0.25) is 0 Å². The van der Waals surface area contributed by atoms with E-state index in [0.29, 0.717) is 12.1 Å². The Bertz CT molecular complexity index is 702. The van der Waals surface area contributed by atoms with Gasteiger partial charge in [0, 0.05) is 19.6 Å². The van der Waals surface area contributed by atoms with Gasteiger partial charge in [-0.25, -0.2) is 9.18 Å². The monoisotopic (exact) mass is 348 g/mol. The van der Waals surface area contributed by atoms with E-state index >= 15 is 0 Å². The summed E-state index contributed by atoms with van der Waals surface area (Å²) in [5, 5.41) is 5.79. The Kier molecular flexibility index (Phi) is 4.47. The molecule has 2 fully saturated rings. The number of likely N-dealkylation sites (N-methyl/N-ethyl adjacent to an activating group) is 1. The Morgan fingerprint density at radius 2 is 2.04 bits per heavy atom. The molecule has 2 atom stereocenters. The van der Waals surface area contributed by atoms with Crippen LogP contribution in [0.1, 0.15) is 18.9 Å². The van der Waals surface area contributed by atoms with Gasteiger partial charge in [0.25, 0.3) is 5.91 Å². The van der Waals surface area contributed by atoms with Crippen LogP contribution in [-0.2, 0) is 15.1 Å². The zero-order valence-corrected chi connectivity index (χ0v) is 14.2. The lowest BCUT2D eigenvalue weighted by atomic mass is 9.92. The van der Waals surface area contributed by atoms with Crippen molar-refractivity contribution in [1.82, 2.24) is 20.4 Å². The Balaban J connectivity index is 1.74. The minimum Gasteiger partial charge on any atom is -0.340 e. The van der Waals surface area contributed by atoms with Crippen LogP contribution in [0.3, 0.4) is 0 Å². The van der Waals surface area contributed by atoms with Crippen molar-refractivity contribution in [2.45, 2.75) is 24.9 Å². The number of benzene rings is 1. The van der Waals surface area contributed by atoms with E-state index in [9.17, 15) is 18.8 Å². The third kappa shape index (κ3) is 3.09. The van der Waals surface area contributed by atoms with E-state index < -0.39 is 23.3 Å². The van der Waals surface area contributed by atoms with E-state index in [1.54, 1.807) is 18.9 Å². The number of nitrogens with one attached hydrogen (secondary N) is 2. The molecule has 2 saturated heterocycles. The summed E-state index contributed by atoms with van der Waals surface area (Å²) >= 11 is 0. The molecule has 4 amide bonds. The molecule has 0 aromatic heterocycles. The fourth-order valence-electron chi connectivity index (χ4n) is 3.24. The molecule has 0 radical (unpaired) electrons. The Labute approximate surface area is 145 Å². The second-order valence-corrected chi connectivity index (χ2v) is 6.60. The van der Waals surface area contributed by atoms with Gasteiger partial charge in [0.2, 0.25) is 5.91 Å². The van der Waals surface area contributed by atoms with Crippen molar-refractivity contribution in [2.24, 2.45) is 0 Å². The molecule has 2 N–H and O–H groups in total. The summed E-state index contributed by atoms with van der Waals surface area (Å²) in [6.07, 6.45) is 0.843. The highest BCUT2D eigenvalue weighted by atomic mass is 19.1. The lowest BCUT2D eigenvalue weighted by molar-refractivity contribution is -0.139. The van der Waals surface area contributed by atoms with Gasteiger partial charge in [0.15, 0.2) is 0 Å². The van der Waals surface area contributed by atoms with Crippen molar-refractivity contribution in [3.63, 3.8) is 0 Å². The summed E-state index contributed by atoms with van der Waals surface area (Å²) in [6.45, 7) is 2.79. The second-order valence-electron chi connectivity index (χ2n) is 6.60. The van der Waals surface area contributed by atoms with Gasteiger partial charge in [-0.15, -0.1) is 0 Å². The summed E-state index contributed by atoms with van der Waals surface area (Å²) in [5.41, 5.74) is -0.839. The molecule has 0 bridgehead atoms. The van der Waals surface area contributed by atoms with Crippen LogP contribution in [0, 0.1) is 5.82 Å². The summed E-state index contributed by atoms with van der Waals surface area (Å²) in [4.78, 5) is 40.0. The zero-order chi connectivity index (χ0) is 18.2. The normalized spacial score (nSPS) is 26.0. The molecule has 1 aromatic carbocycles. The summed E-state index contributed by atoms with van der Waals surface area (Å²) in [5.74, 6) is -1.24. The van der Waals surface area contributed by atoms with Crippen LogP contribution in [0.4, 0.5) is 9.18 Å². The van der Waals surface area contributed by atoms with Crippen LogP contribution in [0.25, 0.3) is 0 Å². The number of urea groups is 1. The SMILES string of the molecule is CN(C(=O)CN1C(=O)N[C@](C)(c2ccc(F)cc2)C1=O)[C@H]1CCNC1. The van der Waals surface area contributed by atoms with Crippen LogP contribution >= 0.6 is 0 Å². The number of hydrogen-bond donors (Lipinski definition) is 2. The number of amides is 4. The van der Waals surface area contributed by atoms with E-state index in [4.69, 9.17) is 0 Å². The minimum atomic E-state index is -1.31. The predicted molar refractivity (Wildman–Crippen MR) is 88.0 cm³/mol. The van der Waals surface area contributed by atoms with Crippen molar-refractivity contribution < 1.29 is 18.8 Å². The lowest BCUT2D eigenvalue weighted by Gasteiger charge is -2.26. The molecule has 2 heterocycles. The minimum absolute atomic E-state index is 0.0664. The highest BCUT2D eigenvalue weighted by Crippen LogP contribution is 2.29. The third-order valence-electron chi connectivity index (χ3n) is 4.97. The molecule has 3 rings (SSSR count). The van der Waals surface area contributed by atoms with Crippen molar-refractivity contribution >= 4 is 17.8 Å². The number of nitrogens with zero attached hydrogens (tertiary/aromatic N) is 2. The number of hydrogen-bond acceptors (Lipinski definition) is 4. The number of imide groups is 1. The first-order valence-electron chi connectivity index (χ1n) is 8.19. The first kappa shape index (κ1) is 17.3. The van der Waals surface area contributed by atoms with Crippen LogP contribution < -0.4 is 10.6 Å². The molecular formula is C17H21FN4O3. The highest BCUT2D eigenvalue weighted by molar-refractivity contribution is 6.09. The average Bonchev–Trinajstić information content (AvgIpc) is 3.19. The van der Waals surface area contributed by atoms with E-state index in [1.165, 1.54) is 24.3 Å². The fourth-order valence-corrected chi connectivity index (χ4v) is 3.24. The molecule has 1 aromatic rings. The molecule has 0 aliphatic carbocycles. The third-order valence-corrected chi connectivity index (χ3v) is 4.97. The van der Waals surface area contributed by atoms with Gasteiger partial charge in [-0.05, 0) is 37.6 Å². The maximum atomic E-state index is 13.1. The summed E-state index contributed by atoms with van der Waals surface area (Å²) in [7, 11) is 1.68. The molecule has 0 unspecified atom stereocenters. The lowest BCUT2D eigenvalue weighted by Crippen LogP contribution is -2.46. The number of rotatable bonds is 4. The van der Waals surface area contributed by atoms with Crippen LogP contribution in [-0.4, -0.2) is 60.4 Å². The fraction of sp³-hybridized carbons (Fsp3) is 0.471. The molecule has 0 spiro atoms. The standard InChI is InChI=1S/C17H21FN4O3/c1-17(11-3-5-12(18)6-4-11)15(24)22(16(25)20-17)10-14(23)21(2)13-7-8-19-9-13/h3-6,13,19H,7-10H2,1-2H3,(H,20,25)/t13-,17+/m0/s1. The molecule has 0 saturated carbocycles. The van der Waals surface area contributed by atoms with Crippen molar-refractivity contribution in [2.75, 3.05) is 26.7 Å². The number of halogens is 1. The summed E-state index contributed by atoms with van der Waals surface area (Å²) < 4.78 is 13.1. The van der Waals surface area contributed by atoms with Crippen molar-refractivity contribution in [3.8, 4) is 0 Å². The zero-order valence-electron chi connectivity index (χ0n) is 14.2. The Morgan fingerprint density at radius 3 is 2.64 bits per heavy atom. The Hall–Kier alpha value is -2.48. The predicted octanol–water partition coefficient (Wildman–Crippen LogP) is 0.413. The van der Waals surface area contributed by atoms with Gasteiger partial charge in [-0.2, -0.15) is 0 Å². The van der Waals surface area contributed by atoms with E-state index in [1.807, 2.05) is 0 Å². The maximum Gasteiger partial charge on any atom is 0.325 e. The highest BCUT2D eigenvalue weighted by Gasteiger charge is 2.49. The largest absolute Gasteiger partial charge is 0.340 e. The quantitative estimate of drug-likeness (QED) is 0.773. The molecule has 2 aliphatic rings. The molecule has 2 aliphatic heterocycles. The first-order valence-corrected chi connectivity index (χ1v) is 8.19. The maximum absolute atomic E-state index is 13.1. The first-order chi connectivity index (χ1) is 11.8. The van der Waals surface area contributed by atoms with Gasteiger partial charge in [0.05, 0.1) is 0 Å². The molecular weight excluding hydrogens is 327 g/mol. The van der Waals surface area contributed by atoms with Gasteiger partial charge in [-0.1, -0.05) is 12.1 Å². The Morgan fingerprint density at radius 1 is 1.36 bits per heavy atom.